The minimum absolute atomic E-state index is 0.130. The fourth-order valence-electron chi connectivity index (χ4n) is 4.54. The molecule has 4 atom stereocenters. The van der Waals surface area contributed by atoms with Gasteiger partial charge in [-0.15, -0.1) is 0 Å². The van der Waals surface area contributed by atoms with E-state index in [0.717, 1.165) is 12.8 Å². The highest BCUT2D eigenvalue weighted by molar-refractivity contribution is 5.82. The molecule has 2 saturated heterocycles. The van der Waals surface area contributed by atoms with E-state index in [2.05, 4.69) is 26.8 Å². The van der Waals surface area contributed by atoms with Crippen molar-refractivity contribution < 1.29 is 29.6 Å². The predicted octanol–water partition coefficient (Wildman–Crippen LogP) is 0.673. The summed E-state index contributed by atoms with van der Waals surface area (Å²) in [6.45, 7) is 0.746. The minimum atomic E-state index is -1.28. The molecule has 2 aliphatic rings. The van der Waals surface area contributed by atoms with Gasteiger partial charge in [0.2, 0.25) is 5.82 Å². The summed E-state index contributed by atoms with van der Waals surface area (Å²) in [4.78, 5) is 26.9. The van der Waals surface area contributed by atoms with Gasteiger partial charge in [-0.2, -0.15) is 0 Å². The van der Waals surface area contributed by atoms with Crippen LogP contribution in [0.2, 0.25) is 0 Å². The molecule has 5 rings (SSSR count). The van der Waals surface area contributed by atoms with Crippen LogP contribution in [0.25, 0.3) is 11.2 Å². The van der Waals surface area contributed by atoms with Gasteiger partial charge in [-0.1, -0.05) is 24.1 Å². The first-order chi connectivity index (χ1) is 17.9. The maximum absolute atomic E-state index is 12.4. The monoisotopic (exact) mass is 508 g/mol. The van der Waals surface area contributed by atoms with Crippen LogP contribution in [0.4, 0.5) is 10.6 Å². The van der Waals surface area contributed by atoms with Crippen molar-refractivity contribution in [3.05, 3.63) is 42.5 Å². The van der Waals surface area contributed by atoms with Crippen LogP contribution in [0.15, 0.2) is 36.7 Å². The molecule has 5 N–H and O–H groups in total. The van der Waals surface area contributed by atoms with Crippen LogP contribution < -0.4 is 10.5 Å². The number of likely N-dealkylation sites (tertiary alicyclic amines) is 1. The van der Waals surface area contributed by atoms with E-state index in [1.54, 1.807) is 17.0 Å². The molecule has 194 valence electrons. The number of fused-ring (bicyclic) bond motifs is 1. The number of carbonyl (C=O) groups is 1. The predicted molar refractivity (Wildman–Crippen MR) is 131 cm³/mol. The molecule has 37 heavy (non-hydrogen) atoms. The Balaban J connectivity index is 1.21. The van der Waals surface area contributed by atoms with Gasteiger partial charge in [0.1, 0.15) is 29.6 Å². The van der Waals surface area contributed by atoms with E-state index in [4.69, 9.17) is 15.2 Å². The summed E-state index contributed by atoms with van der Waals surface area (Å²) in [6, 6.07) is 9.00. The zero-order chi connectivity index (χ0) is 25.9. The number of nitrogens with zero attached hydrogens (tertiary/aromatic N) is 5. The number of piperidine rings is 1. The summed E-state index contributed by atoms with van der Waals surface area (Å²) < 4.78 is 12.4. The van der Waals surface area contributed by atoms with Gasteiger partial charge in [-0.25, -0.2) is 19.7 Å². The number of carbonyl (C=O) groups excluding carboxylic acids is 1. The lowest BCUT2D eigenvalue weighted by atomic mass is 9.94. The number of anilines is 1. The van der Waals surface area contributed by atoms with Crippen molar-refractivity contribution >= 4 is 23.1 Å². The summed E-state index contributed by atoms with van der Waals surface area (Å²) in [5.74, 6) is 7.23. The number of ether oxygens (including phenoxy) is 2. The zero-order valence-electron chi connectivity index (χ0n) is 20.0. The molecule has 1 aromatic carbocycles. The third-order valence-electron chi connectivity index (χ3n) is 6.65. The average Bonchev–Trinajstić information content (AvgIpc) is 3.45. The van der Waals surface area contributed by atoms with Crippen LogP contribution in [0.1, 0.15) is 31.3 Å². The molecule has 4 heterocycles. The first-order valence-electron chi connectivity index (χ1n) is 12.1. The van der Waals surface area contributed by atoms with Crippen LogP contribution in [0.3, 0.4) is 0 Å². The minimum Gasteiger partial charge on any atom is -0.410 e. The average molecular weight is 509 g/mol. The maximum atomic E-state index is 12.4. The maximum Gasteiger partial charge on any atom is 0.415 e. The van der Waals surface area contributed by atoms with Crippen LogP contribution >= 0.6 is 0 Å². The molecule has 12 nitrogen and oxygen atoms in total. The number of benzene rings is 1. The Hall–Kier alpha value is -3.76. The summed E-state index contributed by atoms with van der Waals surface area (Å²) in [5, 5.41) is 29.8. The lowest BCUT2D eigenvalue weighted by Gasteiger charge is -2.30. The number of aromatic nitrogens is 4. The highest BCUT2D eigenvalue weighted by Gasteiger charge is 2.44. The highest BCUT2D eigenvalue weighted by atomic mass is 16.6. The van der Waals surface area contributed by atoms with E-state index in [9.17, 15) is 20.1 Å². The number of amides is 1. The van der Waals surface area contributed by atoms with Gasteiger partial charge in [0.05, 0.1) is 12.9 Å². The van der Waals surface area contributed by atoms with Crippen molar-refractivity contribution in [1.82, 2.24) is 24.4 Å². The lowest BCUT2D eigenvalue weighted by molar-refractivity contribution is -0.0511. The number of imidazole rings is 1. The molecular weight excluding hydrogens is 480 g/mol. The van der Waals surface area contributed by atoms with Crippen LogP contribution in [0, 0.1) is 17.8 Å². The number of rotatable bonds is 4. The number of para-hydroxylation sites is 1. The van der Waals surface area contributed by atoms with Crippen LogP contribution in [-0.2, 0) is 4.74 Å². The molecule has 0 spiro atoms. The first kappa shape index (κ1) is 24.9. The second-order valence-electron chi connectivity index (χ2n) is 9.10. The Morgan fingerprint density at radius 1 is 1.16 bits per heavy atom. The lowest BCUT2D eigenvalue weighted by Crippen LogP contribution is -2.40. The molecular formula is C25H28N6O6. The molecule has 1 unspecified atom stereocenters. The quantitative estimate of drug-likeness (QED) is 0.368. The van der Waals surface area contributed by atoms with Gasteiger partial charge >= 0.3 is 6.09 Å². The standard InChI is InChI=1S/C25H28N6O6/c26-22-19-23(31(14-27-19)24-21(34)20(33)17(13-32)37-24)29-18(28-22)8-4-5-15-9-11-30(12-10-15)25(35)36-16-6-2-1-3-7-16/h1-3,6-7,14-15,17,20-21,24,32-34H,5,9-13H2,(H2,26,28,29)/t17-,20+,21?,24-/m1/s1. The highest BCUT2D eigenvalue weighted by Crippen LogP contribution is 2.32. The fourth-order valence-corrected chi connectivity index (χ4v) is 4.54. The van der Waals surface area contributed by atoms with E-state index < -0.39 is 31.1 Å². The zero-order valence-corrected chi connectivity index (χ0v) is 20.0. The molecule has 2 aliphatic heterocycles. The Labute approximate surface area is 212 Å². The summed E-state index contributed by atoms with van der Waals surface area (Å²) >= 11 is 0. The van der Waals surface area contributed by atoms with Crippen molar-refractivity contribution in [2.75, 3.05) is 25.4 Å². The molecule has 12 heteroatoms. The summed E-state index contributed by atoms with van der Waals surface area (Å²) in [6.07, 6.45) is -1.20. The number of hydrogen-bond acceptors (Lipinski definition) is 10. The second kappa shape index (κ2) is 10.7. The van der Waals surface area contributed by atoms with Crippen LogP contribution in [0.5, 0.6) is 5.75 Å². The Bertz CT molecular complexity index is 1310. The van der Waals surface area contributed by atoms with Crippen molar-refractivity contribution in [3.8, 4) is 17.6 Å². The Kier molecular flexibility index (Phi) is 7.20. The Morgan fingerprint density at radius 2 is 1.92 bits per heavy atom. The fraction of sp³-hybridized carbons (Fsp3) is 0.440. The van der Waals surface area contributed by atoms with Gasteiger partial charge in [0, 0.05) is 19.5 Å². The first-order valence-corrected chi connectivity index (χ1v) is 12.1. The topological polar surface area (TPSA) is 169 Å². The van der Waals surface area contributed by atoms with E-state index >= 15 is 0 Å². The normalized spacial score (nSPS) is 24.1. The SMILES string of the molecule is Nc1nc(C#CCC2CCN(C(=O)Oc3ccccc3)CC2)nc2c1ncn2[C@@H]1O[C@H](CO)[C@H](O)C1O. The molecule has 0 radical (unpaired) electrons. The smallest absolute Gasteiger partial charge is 0.410 e. The molecule has 2 fully saturated rings. The summed E-state index contributed by atoms with van der Waals surface area (Å²) in [5.41, 5.74) is 6.68. The second-order valence-corrected chi connectivity index (χ2v) is 9.10. The molecule has 1 amide bonds. The molecule has 0 bridgehead atoms. The number of nitrogen functional groups attached to an aromatic ring is 1. The molecule has 0 aliphatic carbocycles. The van der Waals surface area contributed by atoms with E-state index in [0.29, 0.717) is 42.3 Å². The number of hydrogen-bond donors (Lipinski definition) is 4. The van der Waals surface area contributed by atoms with Crippen molar-refractivity contribution in [2.45, 2.75) is 43.8 Å². The number of aliphatic hydroxyl groups excluding tert-OH is 3. The van der Waals surface area contributed by atoms with Crippen molar-refractivity contribution in [3.63, 3.8) is 0 Å². The molecule has 3 aromatic rings. The van der Waals surface area contributed by atoms with Crippen molar-refractivity contribution in [1.29, 1.82) is 0 Å². The van der Waals surface area contributed by atoms with Crippen molar-refractivity contribution in [2.24, 2.45) is 5.92 Å². The van der Waals surface area contributed by atoms with Crippen LogP contribution in [-0.4, -0.2) is 83.8 Å². The van der Waals surface area contributed by atoms with E-state index in [-0.39, 0.29) is 17.7 Å². The van der Waals surface area contributed by atoms with Gasteiger partial charge in [-0.3, -0.25) is 4.57 Å². The number of nitrogens with two attached hydrogens (primary N) is 1. The van der Waals surface area contributed by atoms with E-state index in [1.165, 1.54) is 10.9 Å². The van der Waals surface area contributed by atoms with Gasteiger partial charge in [-0.05, 0) is 36.8 Å². The molecule has 2 aromatic heterocycles. The summed E-state index contributed by atoms with van der Waals surface area (Å²) in [7, 11) is 0. The third-order valence-corrected chi connectivity index (χ3v) is 6.65. The van der Waals surface area contributed by atoms with Gasteiger partial charge in [0.25, 0.3) is 0 Å². The van der Waals surface area contributed by atoms with E-state index in [1.807, 2.05) is 18.2 Å². The van der Waals surface area contributed by atoms with Gasteiger partial charge in [0.15, 0.2) is 17.7 Å². The molecule has 0 saturated carbocycles. The van der Waals surface area contributed by atoms with Gasteiger partial charge < -0.3 is 35.4 Å². The number of aliphatic hydroxyl groups is 3. The largest absolute Gasteiger partial charge is 0.415 e. The Morgan fingerprint density at radius 3 is 2.62 bits per heavy atom. The third kappa shape index (κ3) is 5.21.